The molecule has 0 spiro atoms. The minimum atomic E-state index is -0.990. The number of nitrogens with one attached hydrogen (secondary N) is 1. The number of anilines is 1. The van der Waals surface area contributed by atoms with Crippen molar-refractivity contribution in [2.75, 3.05) is 50.8 Å². The molecule has 9 nitrogen and oxygen atoms in total. The maximum atomic E-state index is 13.9. The van der Waals surface area contributed by atoms with Crippen molar-refractivity contribution in [1.82, 2.24) is 20.1 Å². The molecule has 0 saturated carbocycles. The molecule has 3 aliphatic heterocycles. The summed E-state index contributed by atoms with van der Waals surface area (Å²) >= 11 is 0. The SMILES string of the molecule is CCC1CN(CC2CNC(C)CN2CC(=O)N2CC(C)(C)c3ncc(C(O)c4ccc(F)cc4)cc32)C(=O)CO1. The van der Waals surface area contributed by atoms with E-state index in [4.69, 9.17) is 4.74 Å². The number of rotatable bonds is 7. The molecule has 4 atom stereocenters. The fourth-order valence-corrected chi connectivity index (χ4v) is 5.98. The Bertz CT molecular complexity index is 1240. The van der Waals surface area contributed by atoms with Crippen molar-refractivity contribution >= 4 is 17.5 Å². The Morgan fingerprint density at radius 1 is 1.25 bits per heavy atom. The lowest BCUT2D eigenvalue weighted by atomic mass is 9.90. The molecule has 1 aromatic carbocycles. The van der Waals surface area contributed by atoms with Gasteiger partial charge in [-0.05, 0) is 37.1 Å². The topological polar surface area (TPSA) is 98.2 Å². The minimum Gasteiger partial charge on any atom is -0.384 e. The van der Waals surface area contributed by atoms with Crippen molar-refractivity contribution in [3.05, 3.63) is 59.2 Å². The molecule has 4 heterocycles. The molecule has 0 radical (unpaired) electrons. The zero-order chi connectivity index (χ0) is 28.6. The van der Waals surface area contributed by atoms with Crippen LogP contribution in [-0.4, -0.2) is 95.8 Å². The van der Waals surface area contributed by atoms with E-state index < -0.39 is 6.10 Å². The van der Waals surface area contributed by atoms with Gasteiger partial charge >= 0.3 is 0 Å². The van der Waals surface area contributed by atoms with E-state index in [0.29, 0.717) is 49.5 Å². The summed E-state index contributed by atoms with van der Waals surface area (Å²) in [6.07, 6.45) is 1.54. The molecule has 4 unspecified atom stereocenters. The number of hydrogen-bond acceptors (Lipinski definition) is 7. The normalized spacial score (nSPS) is 25.6. The van der Waals surface area contributed by atoms with E-state index in [9.17, 15) is 19.1 Å². The maximum absolute atomic E-state index is 13.9. The second kappa shape index (κ2) is 11.5. The number of carbonyl (C=O) groups is 2. The number of morpholine rings is 1. The molecule has 2 fully saturated rings. The minimum absolute atomic E-state index is 0.000419. The molecule has 40 heavy (non-hydrogen) atoms. The van der Waals surface area contributed by atoms with Gasteiger partial charge in [0.15, 0.2) is 0 Å². The second-order valence-electron chi connectivity index (χ2n) is 12.0. The van der Waals surface area contributed by atoms with Gasteiger partial charge in [-0.25, -0.2) is 4.39 Å². The van der Waals surface area contributed by atoms with E-state index >= 15 is 0 Å². The zero-order valence-corrected chi connectivity index (χ0v) is 23.8. The van der Waals surface area contributed by atoms with Gasteiger partial charge in [0.05, 0.1) is 24.0 Å². The number of nitrogens with zero attached hydrogens (tertiary/aromatic N) is 4. The van der Waals surface area contributed by atoms with Crippen LogP contribution < -0.4 is 10.2 Å². The largest absolute Gasteiger partial charge is 0.384 e. The predicted molar refractivity (Wildman–Crippen MR) is 150 cm³/mol. The first-order valence-corrected chi connectivity index (χ1v) is 14.2. The Kier molecular flexibility index (Phi) is 8.24. The number of fused-ring (bicyclic) bond motifs is 1. The third kappa shape index (κ3) is 5.90. The highest BCUT2D eigenvalue weighted by atomic mass is 19.1. The fourth-order valence-electron chi connectivity index (χ4n) is 5.98. The first kappa shape index (κ1) is 28.6. The maximum Gasteiger partial charge on any atom is 0.248 e. The molecular weight excluding hydrogens is 513 g/mol. The van der Waals surface area contributed by atoms with Crippen molar-refractivity contribution in [2.24, 2.45) is 0 Å². The monoisotopic (exact) mass is 553 g/mol. The lowest BCUT2D eigenvalue weighted by molar-refractivity contribution is -0.150. The van der Waals surface area contributed by atoms with Gasteiger partial charge in [-0.15, -0.1) is 0 Å². The smallest absolute Gasteiger partial charge is 0.248 e. The molecule has 0 aliphatic carbocycles. The molecule has 2 N–H and O–H groups in total. The molecule has 2 amide bonds. The number of piperazine rings is 1. The van der Waals surface area contributed by atoms with E-state index in [1.54, 1.807) is 23.2 Å². The zero-order valence-electron chi connectivity index (χ0n) is 23.8. The highest BCUT2D eigenvalue weighted by Crippen LogP contribution is 2.40. The van der Waals surface area contributed by atoms with Crippen LogP contribution in [0.4, 0.5) is 10.1 Å². The van der Waals surface area contributed by atoms with E-state index in [2.05, 4.69) is 42.9 Å². The summed E-state index contributed by atoms with van der Waals surface area (Å²) < 4.78 is 19.0. The number of benzene rings is 1. The molecule has 2 aromatic rings. The van der Waals surface area contributed by atoms with Gasteiger partial charge in [0, 0.05) is 62.0 Å². The van der Waals surface area contributed by atoms with Gasteiger partial charge < -0.3 is 25.0 Å². The van der Waals surface area contributed by atoms with Gasteiger partial charge in [-0.2, -0.15) is 0 Å². The van der Waals surface area contributed by atoms with Gasteiger partial charge in [0.25, 0.3) is 0 Å². The van der Waals surface area contributed by atoms with Crippen molar-refractivity contribution in [2.45, 2.75) is 63.8 Å². The van der Waals surface area contributed by atoms with Crippen LogP contribution in [0.3, 0.4) is 0 Å². The predicted octanol–water partition coefficient (Wildman–Crippen LogP) is 2.23. The van der Waals surface area contributed by atoms with Crippen LogP contribution in [0.2, 0.25) is 0 Å². The Balaban J connectivity index is 1.35. The second-order valence-corrected chi connectivity index (χ2v) is 12.0. The summed E-state index contributed by atoms with van der Waals surface area (Å²) in [6, 6.07) is 7.78. The first-order valence-electron chi connectivity index (χ1n) is 14.2. The van der Waals surface area contributed by atoms with Crippen LogP contribution in [0, 0.1) is 5.82 Å². The number of halogens is 1. The highest BCUT2D eigenvalue weighted by Gasteiger charge is 2.41. The van der Waals surface area contributed by atoms with Crippen LogP contribution in [0.1, 0.15) is 57.0 Å². The summed E-state index contributed by atoms with van der Waals surface area (Å²) in [4.78, 5) is 37.0. The summed E-state index contributed by atoms with van der Waals surface area (Å²) in [7, 11) is 0. The fraction of sp³-hybridized carbons (Fsp3) is 0.567. The Morgan fingerprint density at radius 3 is 2.73 bits per heavy atom. The van der Waals surface area contributed by atoms with Crippen LogP contribution >= 0.6 is 0 Å². The molecule has 2 saturated heterocycles. The number of aromatic nitrogens is 1. The number of ether oxygens (including phenoxy) is 1. The van der Waals surface area contributed by atoms with Crippen molar-refractivity contribution in [3.63, 3.8) is 0 Å². The number of aliphatic hydroxyl groups is 1. The number of aliphatic hydroxyl groups excluding tert-OH is 1. The van der Waals surface area contributed by atoms with Crippen LogP contribution in [-0.2, 0) is 19.7 Å². The summed E-state index contributed by atoms with van der Waals surface area (Å²) in [5.74, 6) is -0.422. The molecule has 216 valence electrons. The summed E-state index contributed by atoms with van der Waals surface area (Å²) in [5, 5.41) is 14.5. The van der Waals surface area contributed by atoms with Crippen molar-refractivity contribution in [1.29, 1.82) is 0 Å². The van der Waals surface area contributed by atoms with Gasteiger partial charge in [-0.1, -0.05) is 32.9 Å². The van der Waals surface area contributed by atoms with E-state index in [0.717, 1.165) is 12.1 Å². The molecule has 1 aromatic heterocycles. The lowest BCUT2D eigenvalue weighted by Crippen LogP contribution is -2.62. The molecule has 3 aliphatic rings. The van der Waals surface area contributed by atoms with Gasteiger partial charge in [0.1, 0.15) is 18.5 Å². The summed E-state index contributed by atoms with van der Waals surface area (Å²) in [5.41, 5.74) is 2.26. The average Bonchev–Trinajstić information content (AvgIpc) is 3.21. The Morgan fingerprint density at radius 2 is 2.00 bits per heavy atom. The molecule has 10 heteroatoms. The molecule has 0 bridgehead atoms. The van der Waals surface area contributed by atoms with Crippen LogP contribution in [0.15, 0.2) is 36.5 Å². The molecular formula is C30H40FN5O4. The van der Waals surface area contributed by atoms with Gasteiger partial charge in [-0.3, -0.25) is 19.5 Å². The average molecular weight is 554 g/mol. The lowest BCUT2D eigenvalue weighted by Gasteiger charge is -2.43. The Hall–Kier alpha value is -2.92. The van der Waals surface area contributed by atoms with Crippen molar-refractivity contribution in [3.8, 4) is 0 Å². The van der Waals surface area contributed by atoms with Crippen LogP contribution in [0.5, 0.6) is 0 Å². The highest BCUT2D eigenvalue weighted by molar-refractivity contribution is 5.97. The standard InChI is InChI=1S/C30H40FN5O4/c1-5-24-15-35(27(38)17-40-24)14-23-12-32-19(2)13-34(23)16-26(37)36-18-30(3,4)29-25(36)10-21(11-33-29)28(39)20-6-8-22(31)9-7-20/h6-11,19,23-24,28,32,39H,5,12-18H2,1-4H3. The third-order valence-electron chi connectivity index (χ3n) is 8.35. The van der Waals surface area contributed by atoms with Crippen molar-refractivity contribution < 1.29 is 23.8 Å². The third-order valence-corrected chi connectivity index (χ3v) is 8.35. The quantitative estimate of drug-likeness (QED) is 0.543. The number of hydrogen-bond donors (Lipinski definition) is 2. The molecule has 5 rings (SSSR count). The van der Waals surface area contributed by atoms with Gasteiger partial charge in [0.2, 0.25) is 11.8 Å². The van der Waals surface area contributed by atoms with E-state index in [1.165, 1.54) is 12.1 Å². The first-order chi connectivity index (χ1) is 19.1. The Labute approximate surface area is 235 Å². The number of amides is 2. The number of pyridine rings is 1. The number of carbonyl (C=O) groups excluding carboxylic acids is 2. The van der Waals surface area contributed by atoms with E-state index in [-0.39, 0.29) is 54.4 Å². The van der Waals surface area contributed by atoms with Crippen LogP contribution in [0.25, 0.3) is 0 Å². The summed E-state index contributed by atoms with van der Waals surface area (Å²) in [6.45, 7) is 11.6. The van der Waals surface area contributed by atoms with E-state index in [1.807, 2.05) is 11.0 Å².